The zero-order valence-corrected chi connectivity index (χ0v) is 24.3. The summed E-state index contributed by atoms with van der Waals surface area (Å²) in [7, 11) is 0. The third-order valence-corrected chi connectivity index (χ3v) is 8.20. The SMILES string of the molecule is Oc1ccc(Cc2cc3c(Cc4ccc(O)cc4)c(Cc4ccc(O)cc4)c(O)c(O)c3c(Cc3ccc(O)cc3)c2O)cc1. The van der Waals surface area contributed by atoms with Gasteiger partial charge < -0.3 is 35.7 Å². The first-order chi connectivity index (χ1) is 21.7. The zero-order valence-electron chi connectivity index (χ0n) is 24.3. The molecule has 0 aliphatic carbocycles. The van der Waals surface area contributed by atoms with E-state index in [-0.39, 0.29) is 53.1 Å². The lowest BCUT2D eigenvalue weighted by Gasteiger charge is -2.22. The molecular weight excluding hydrogens is 568 g/mol. The van der Waals surface area contributed by atoms with E-state index in [0.29, 0.717) is 40.3 Å². The summed E-state index contributed by atoms with van der Waals surface area (Å²) in [6, 6.07) is 28.6. The molecule has 7 heteroatoms. The Morgan fingerprint density at radius 1 is 0.333 bits per heavy atom. The van der Waals surface area contributed by atoms with E-state index < -0.39 is 0 Å². The average molecular weight is 601 g/mol. The van der Waals surface area contributed by atoms with Crippen LogP contribution >= 0.6 is 0 Å². The van der Waals surface area contributed by atoms with Crippen molar-refractivity contribution in [3.05, 3.63) is 148 Å². The Balaban J connectivity index is 1.63. The van der Waals surface area contributed by atoms with Crippen molar-refractivity contribution in [3.63, 3.8) is 0 Å². The van der Waals surface area contributed by atoms with E-state index in [1.165, 1.54) is 0 Å². The number of aromatic hydroxyl groups is 7. The topological polar surface area (TPSA) is 142 Å². The summed E-state index contributed by atoms with van der Waals surface area (Å²) in [5.41, 5.74) is 5.54. The molecule has 226 valence electrons. The van der Waals surface area contributed by atoms with Crippen molar-refractivity contribution in [2.24, 2.45) is 0 Å². The van der Waals surface area contributed by atoms with Gasteiger partial charge in [0.15, 0.2) is 11.5 Å². The van der Waals surface area contributed by atoms with E-state index in [0.717, 1.165) is 27.8 Å². The third kappa shape index (κ3) is 6.15. The third-order valence-electron chi connectivity index (χ3n) is 8.20. The number of phenols is 7. The van der Waals surface area contributed by atoms with Gasteiger partial charge in [0.05, 0.1) is 0 Å². The van der Waals surface area contributed by atoms with Crippen molar-refractivity contribution in [3.8, 4) is 40.2 Å². The van der Waals surface area contributed by atoms with Crippen LogP contribution in [-0.2, 0) is 25.7 Å². The van der Waals surface area contributed by atoms with Gasteiger partial charge in [-0.05, 0) is 99.8 Å². The predicted molar refractivity (Wildman–Crippen MR) is 173 cm³/mol. The van der Waals surface area contributed by atoms with Crippen molar-refractivity contribution in [2.45, 2.75) is 25.7 Å². The second kappa shape index (κ2) is 12.1. The maximum Gasteiger partial charge on any atom is 0.166 e. The molecule has 0 fully saturated rings. The Bertz CT molecular complexity index is 1980. The van der Waals surface area contributed by atoms with E-state index >= 15 is 0 Å². The fourth-order valence-corrected chi connectivity index (χ4v) is 5.85. The average Bonchev–Trinajstić information content (AvgIpc) is 3.03. The van der Waals surface area contributed by atoms with Gasteiger partial charge >= 0.3 is 0 Å². The summed E-state index contributed by atoms with van der Waals surface area (Å²) in [4.78, 5) is 0. The molecule has 0 amide bonds. The quantitative estimate of drug-likeness (QED) is 0.0921. The molecule has 0 aromatic heterocycles. The first-order valence-corrected chi connectivity index (χ1v) is 14.5. The van der Waals surface area contributed by atoms with Gasteiger partial charge in [0.25, 0.3) is 0 Å². The number of fused-ring (bicyclic) bond motifs is 1. The van der Waals surface area contributed by atoms with Crippen molar-refractivity contribution in [1.29, 1.82) is 0 Å². The molecule has 0 aliphatic heterocycles. The Labute approximate surface area is 259 Å². The normalized spacial score (nSPS) is 11.2. The number of hydrogen-bond acceptors (Lipinski definition) is 7. The number of benzene rings is 6. The summed E-state index contributed by atoms with van der Waals surface area (Å²) in [6.45, 7) is 0. The molecule has 6 aromatic carbocycles. The largest absolute Gasteiger partial charge is 0.508 e. The smallest absolute Gasteiger partial charge is 0.166 e. The summed E-state index contributed by atoms with van der Waals surface area (Å²) >= 11 is 0. The molecule has 7 N–H and O–H groups in total. The van der Waals surface area contributed by atoms with Crippen molar-refractivity contribution < 1.29 is 35.7 Å². The molecule has 7 nitrogen and oxygen atoms in total. The van der Waals surface area contributed by atoms with Gasteiger partial charge in [-0.1, -0.05) is 48.5 Å². The predicted octanol–water partition coefficient (Wildman–Crippen LogP) is 7.14. The summed E-state index contributed by atoms with van der Waals surface area (Å²) < 4.78 is 0. The summed E-state index contributed by atoms with van der Waals surface area (Å²) in [6.07, 6.45) is 1.14. The second-order valence-corrected chi connectivity index (χ2v) is 11.3. The van der Waals surface area contributed by atoms with E-state index in [9.17, 15) is 35.7 Å². The van der Waals surface area contributed by atoms with Crippen molar-refractivity contribution in [2.75, 3.05) is 0 Å². The van der Waals surface area contributed by atoms with E-state index in [2.05, 4.69) is 0 Å². The molecule has 45 heavy (non-hydrogen) atoms. The maximum atomic E-state index is 11.7. The van der Waals surface area contributed by atoms with E-state index in [1.807, 2.05) is 6.07 Å². The molecule has 0 unspecified atom stereocenters. The van der Waals surface area contributed by atoms with Gasteiger partial charge in [0.2, 0.25) is 0 Å². The molecule has 0 radical (unpaired) electrons. The summed E-state index contributed by atoms with van der Waals surface area (Å²) in [5, 5.41) is 75.3. The monoisotopic (exact) mass is 600 g/mol. The lowest BCUT2D eigenvalue weighted by atomic mass is 9.84. The number of hydrogen-bond donors (Lipinski definition) is 7. The highest BCUT2D eigenvalue weighted by atomic mass is 16.3. The first kappa shape index (κ1) is 29.3. The van der Waals surface area contributed by atoms with Gasteiger partial charge in [-0.25, -0.2) is 0 Å². The molecule has 6 rings (SSSR count). The highest BCUT2D eigenvalue weighted by molar-refractivity contribution is 5.99. The lowest BCUT2D eigenvalue weighted by Crippen LogP contribution is -2.04. The van der Waals surface area contributed by atoms with Gasteiger partial charge in [-0.2, -0.15) is 0 Å². The van der Waals surface area contributed by atoms with Crippen LogP contribution in [0.25, 0.3) is 10.8 Å². The summed E-state index contributed by atoms with van der Waals surface area (Å²) in [5.74, 6) is -0.217. The Kier molecular flexibility index (Phi) is 7.84. The minimum Gasteiger partial charge on any atom is -0.508 e. The Morgan fingerprint density at radius 2 is 0.689 bits per heavy atom. The lowest BCUT2D eigenvalue weighted by molar-refractivity contribution is 0.403. The maximum absolute atomic E-state index is 11.7. The Morgan fingerprint density at radius 3 is 1.11 bits per heavy atom. The number of phenolic OH excluding ortho intramolecular Hbond substituents is 7. The zero-order chi connectivity index (χ0) is 31.7. The van der Waals surface area contributed by atoms with Crippen LogP contribution in [0.2, 0.25) is 0 Å². The van der Waals surface area contributed by atoms with Crippen LogP contribution in [0.5, 0.6) is 40.2 Å². The molecular formula is C38H32O7. The van der Waals surface area contributed by atoms with Gasteiger partial charge in [0, 0.05) is 35.8 Å². The van der Waals surface area contributed by atoms with Crippen LogP contribution in [0.1, 0.15) is 44.5 Å². The van der Waals surface area contributed by atoms with Crippen LogP contribution in [-0.4, -0.2) is 35.7 Å². The van der Waals surface area contributed by atoms with Crippen LogP contribution in [0.15, 0.2) is 103 Å². The second-order valence-electron chi connectivity index (χ2n) is 11.3. The first-order valence-electron chi connectivity index (χ1n) is 14.5. The molecule has 0 aliphatic rings. The molecule has 0 saturated carbocycles. The molecule has 0 saturated heterocycles. The standard InChI is InChI=1S/C38H32O7/c39-27-9-1-22(2-10-27)17-26-21-32-31(18-23-3-11-28(40)12-4-23)33(19-24-5-13-29(41)14-6-24)37(44)38(45)35(32)34(36(26)43)20-25-7-15-30(42)16-8-25/h1-16,21,39-45H,17-20H2. The van der Waals surface area contributed by atoms with Crippen molar-refractivity contribution in [1.82, 2.24) is 0 Å². The minimum absolute atomic E-state index is 0.0276. The van der Waals surface area contributed by atoms with Crippen molar-refractivity contribution >= 4 is 10.8 Å². The van der Waals surface area contributed by atoms with E-state index in [1.54, 1.807) is 97.1 Å². The number of rotatable bonds is 8. The van der Waals surface area contributed by atoms with Gasteiger partial charge in [-0.15, -0.1) is 0 Å². The molecule has 0 heterocycles. The fourth-order valence-electron chi connectivity index (χ4n) is 5.85. The van der Waals surface area contributed by atoms with Gasteiger partial charge in [0.1, 0.15) is 28.7 Å². The Hall–Kier alpha value is -5.82. The van der Waals surface area contributed by atoms with Gasteiger partial charge in [-0.3, -0.25) is 0 Å². The highest BCUT2D eigenvalue weighted by Crippen LogP contribution is 2.47. The highest BCUT2D eigenvalue weighted by Gasteiger charge is 2.25. The molecule has 6 aromatic rings. The fraction of sp³-hybridized carbons (Fsp3) is 0.105. The molecule has 0 atom stereocenters. The van der Waals surface area contributed by atoms with Crippen LogP contribution < -0.4 is 0 Å². The van der Waals surface area contributed by atoms with Crippen LogP contribution in [0.3, 0.4) is 0 Å². The van der Waals surface area contributed by atoms with E-state index in [4.69, 9.17) is 0 Å². The minimum atomic E-state index is -0.353. The van der Waals surface area contributed by atoms with Crippen LogP contribution in [0.4, 0.5) is 0 Å². The molecule has 0 spiro atoms. The molecule has 0 bridgehead atoms. The van der Waals surface area contributed by atoms with Crippen LogP contribution in [0, 0.1) is 0 Å².